The van der Waals surface area contributed by atoms with Crippen molar-refractivity contribution in [1.82, 2.24) is 14.7 Å². The van der Waals surface area contributed by atoms with Gasteiger partial charge < -0.3 is 35.2 Å². The zero-order valence-corrected chi connectivity index (χ0v) is 23.8. The van der Waals surface area contributed by atoms with E-state index in [1.165, 1.54) is 29.2 Å². The molecule has 3 rings (SSSR count). The van der Waals surface area contributed by atoms with Crippen LogP contribution in [-0.2, 0) is 4.79 Å². The lowest BCUT2D eigenvalue weighted by molar-refractivity contribution is -0.116. The van der Waals surface area contributed by atoms with Gasteiger partial charge in [0.05, 0.1) is 24.8 Å². The van der Waals surface area contributed by atoms with Gasteiger partial charge in [-0.1, -0.05) is 6.92 Å². The molecular formula is C29H40FN5O5. The van der Waals surface area contributed by atoms with Gasteiger partial charge in [-0.05, 0) is 76.4 Å². The Kier molecular flexibility index (Phi) is 10.9. The van der Waals surface area contributed by atoms with Gasteiger partial charge >= 0.3 is 6.03 Å². The number of hydrogen-bond donors (Lipinski definition) is 3. The summed E-state index contributed by atoms with van der Waals surface area (Å²) in [5.74, 6) is -0.724. The van der Waals surface area contributed by atoms with Crippen molar-refractivity contribution in [3.05, 3.63) is 53.8 Å². The highest BCUT2D eigenvalue weighted by molar-refractivity contribution is 6.00. The standard InChI is InChI=1S/C29H40FN5O5/c1-19-16-35(20(2)18-36)28(38)24-15-23(31-27(37)7-6-14-33(3)4)12-13-25(24)40-26(19)17-34(5)29(39)32-22-10-8-21(30)9-11-22/h8-13,15,19-20,26,36H,6-7,14,16-18H2,1-5H3,(H,31,37)(H,32,39)/t19-,20+,26-/m0/s1. The van der Waals surface area contributed by atoms with Crippen LogP contribution in [0.5, 0.6) is 5.75 Å². The fraction of sp³-hybridized carbons (Fsp3) is 0.483. The number of rotatable bonds is 10. The molecule has 218 valence electrons. The average molecular weight is 558 g/mol. The Labute approximate surface area is 235 Å². The van der Waals surface area contributed by atoms with Crippen molar-refractivity contribution < 1.29 is 28.6 Å². The van der Waals surface area contributed by atoms with Gasteiger partial charge in [-0.2, -0.15) is 0 Å². The van der Waals surface area contributed by atoms with Crippen LogP contribution in [-0.4, -0.2) is 97.2 Å². The number of aliphatic hydroxyl groups excluding tert-OH is 1. The van der Waals surface area contributed by atoms with Crippen LogP contribution >= 0.6 is 0 Å². The van der Waals surface area contributed by atoms with Crippen LogP contribution in [0.15, 0.2) is 42.5 Å². The van der Waals surface area contributed by atoms with Crippen molar-refractivity contribution in [2.24, 2.45) is 5.92 Å². The first-order chi connectivity index (χ1) is 19.0. The second kappa shape index (κ2) is 14.1. The van der Waals surface area contributed by atoms with E-state index in [2.05, 4.69) is 10.6 Å². The Hall–Kier alpha value is -3.70. The second-order valence-corrected chi connectivity index (χ2v) is 10.6. The third kappa shape index (κ3) is 8.40. The Balaban J connectivity index is 1.81. The molecule has 1 aliphatic heterocycles. The van der Waals surface area contributed by atoms with E-state index in [4.69, 9.17) is 4.74 Å². The first-order valence-corrected chi connectivity index (χ1v) is 13.4. The summed E-state index contributed by atoms with van der Waals surface area (Å²) < 4.78 is 19.5. The molecule has 40 heavy (non-hydrogen) atoms. The molecule has 1 heterocycles. The number of hydrogen-bond acceptors (Lipinski definition) is 6. The first kappa shape index (κ1) is 30.8. The third-order valence-electron chi connectivity index (χ3n) is 6.85. The summed E-state index contributed by atoms with van der Waals surface area (Å²) >= 11 is 0. The molecule has 0 unspecified atom stereocenters. The van der Waals surface area contributed by atoms with Gasteiger partial charge in [-0.25, -0.2) is 9.18 Å². The summed E-state index contributed by atoms with van der Waals surface area (Å²) in [6, 6.07) is 9.56. The Morgan fingerprint density at radius 3 is 2.45 bits per heavy atom. The van der Waals surface area contributed by atoms with Gasteiger partial charge in [-0.15, -0.1) is 0 Å². The quantitative estimate of drug-likeness (QED) is 0.412. The van der Waals surface area contributed by atoms with Crippen LogP contribution in [0.4, 0.5) is 20.6 Å². The van der Waals surface area contributed by atoms with E-state index < -0.39 is 24.0 Å². The zero-order valence-electron chi connectivity index (χ0n) is 23.8. The number of anilines is 2. The topological polar surface area (TPSA) is 114 Å². The number of nitrogens with zero attached hydrogens (tertiary/aromatic N) is 3. The van der Waals surface area contributed by atoms with Crippen molar-refractivity contribution in [2.45, 2.75) is 38.8 Å². The number of urea groups is 1. The number of carbonyl (C=O) groups is 3. The van der Waals surface area contributed by atoms with E-state index in [9.17, 15) is 23.9 Å². The van der Waals surface area contributed by atoms with Crippen molar-refractivity contribution >= 4 is 29.2 Å². The zero-order chi connectivity index (χ0) is 29.4. The maximum atomic E-state index is 13.6. The largest absolute Gasteiger partial charge is 0.487 e. The highest BCUT2D eigenvalue weighted by Crippen LogP contribution is 2.31. The maximum Gasteiger partial charge on any atom is 0.321 e. The van der Waals surface area contributed by atoms with Gasteiger partial charge in [0.1, 0.15) is 17.7 Å². The number of fused-ring (bicyclic) bond motifs is 1. The number of likely N-dealkylation sites (N-methyl/N-ethyl adjacent to an activating group) is 1. The normalized spacial score (nSPS) is 17.8. The van der Waals surface area contributed by atoms with Gasteiger partial charge in [0.2, 0.25) is 5.91 Å². The van der Waals surface area contributed by atoms with E-state index in [1.807, 2.05) is 25.9 Å². The molecule has 0 fully saturated rings. The lowest BCUT2D eigenvalue weighted by atomic mass is 9.99. The van der Waals surface area contributed by atoms with Gasteiger partial charge in [0, 0.05) is 37.3 Å². The molecule has 0 spiro atoms. The summed E-state index contributed by atoms with van der Waals surface area (Å²) in [5, 5.41) is 15.5. The molecule has 0 saturated carbocycles. The van der Waals surface area contributed by atoms with Gasteiger partial charge in [0.15, 0.2) is 0 Å². The Morgan fingerprint density at radius 1 is 1.12 bits per heavy atom. The molecule has 0 saturated heterocycles. The van der Waals surface area contributed by atoms with Crippen LogP contribution in [0.3, 0.4) is 0 Å². The highest BCUT2D eigenvalue weighted by Gasteiger charge is 2.34. The molecule has 1 aliphatic rings. The number of amides is 4. The predicted molar refractivity (Wildman–Crippen MR) is 152 cm³/mol. The summed E-state index contributed by atoms with van der Waals surface area (Å²) in [6.45, 7) is 4.75. The summed E-state index contributed by atoms with van der Waals surface area (Å²) in [5.41, 5.74) is 1.20. The van der Waals surface area contributed by atoms with Crippen LogP contribution in [0.25, 0.3) is 0 Å². The van der Waals surface area contributed by atoms with Gasteiger partial charge in [0.25, 0.3) is 5.91 Å². The van der Waals surface area contributed by atoms with Crippen LogP contribution < -0.4 is 15.4 Å². The molecule has 0 aromatic heterocycles. The number of carbonyl (C=O) groups excluding carboxylic acids is 3. The molecule has 11 heteroatoms. The summed E-state index contributed by atoms with van der Waals surface area (Å²) in [4.78, 5) is 44.0. The van der Waals surface area contributed by atoms with E-state index in [1.54, 1.807) is 37.1 Å². The number of benzene rings is 2. The molecule has 10 nitrogen and oxygen atoms in total. The van der Waals surface area contributed by atoms with Crippen LogP contribution in [0.2, 0.25) is 0 Å². The van der Waals surface area contributed by atoms with Crippen molar-refractivity contribution in [1.29, 1.82) is 0 Å². The Bertz CT molecular complexity index is 1180. The minimum Gasteiger partial charge on any atom is -0.487 e. The lowest BCUT2D eigenvalue weighted by Crippen LogP contribution is -2.50. The minimum absolute atomic E-state index is 0.151. The fourth-order valence-electron chi connectivity index (χ4n) is 4.40. The predicted octanol–water partition coefficient (Wildman–Crippen LogP) is 3.49. The minimum atomic E-state index is -0.490. The molecule has 4 amide bonds. The van der Waals surface area contributed by atoms with E-state index in [0.717, 1.165) is 6.54 Å². The van der Waals surface area contributed by atoms with E-state index in [-0.39, 0.29) is 36.4 Å². The lowest BCUT2D eigenvalue weighted by Gasteiger charge is -2.38. The molecule has 0 radical (unpaired) electrons. The SMILES string of the molecule is C[C@H](CO)N1C[C@H](C)[C@H](CN(C)C(=O)Nc2ccc(F)cc2)Oc2ccc(NC(=O)CCCN(C)C)cc2C1=O. The molecule has 0 bridgehead atoms. The molecule has 0 aliphatic carbocycles. The Morgan fingerprint density at radius 2 is 1.80 bits per heavy atom. The van der Waals surface area contributed by atoms with Crippen molar-refractivity contribution in [2.75, 3.05) is 58.0 Å². The maximum absolute atomic E-state index is 13.6. The first-order valence-electron chi connectivity index (χ1n) is 13.4. The monoisotopic (exact) mass is 557 g/mol. The van der Waals surface area contributed by atoms with Crippen molar-refractivity contribution in [3.8, 4) is 5.75 Å². The third-order valence-corrected chi connectivity index (χ3v) is 6.85. The molecule has 3 N–H and O–H groups in total. The molecule has 3 atom stereocenters. The molecular weight excluding hydrogens is 517 g/mol. The number of halogens is 1. The van der Waals surface area contributed by atoms with E-state index >= 15 is 0 Å². The van der Waals surface area contributed by atoms with Gasteiger partial charge in [-0.3, -0.25) is 9.59 Å². The van der Waals surface area contributed by atoms with Crippen LogP contribution in [0, 0.1) is 11.7 Å². The van der Waals surface area contributed by atoms with Crippen molar-refractivity contribution in [3.63, 3.8) is 0 Å². The highest BCUT2D eigenvalue weighted by atomic mass is 19.1. The molecule has 2 aromatic carbocycles. The number of aliphatic hydroxyl groups is 1. The molecule has 2 aromatic rings. The van der Waals surface area contributed by atoms with E-state index in [0.29, 0.717) is 36.5 Å². The fourth-order valence-corrected chi connectivity index (χ4v) is 4.40. The number of ether oxygens (including phenoxy) is 1. The smallest absolute Gasteiger partial charge is 0.321 e. The average Bonchev–Trinajstić information content (AvgIpc) is 2.91. The van der Waals surface area contributed by atoms with Crippen LogP contribution in [0.1, 0.15) is 37.0 Å². The summed E-state index contributed by atoms with van der Waals surface area (Å²) in [7, 11) is 5.52. The summed E-state index contributed by atoms with van der Waals surface area (Å²) in [6.07, 6.45) is 0.560. The number of nitrogens with one attached hydrogen (secondary N) is 2. The second-order valence-electron chi connectivity index (χ2n) is 10.6.